The van der Waals surface area contributed by atoms with Crippen LogP contribution in [0.4, 0.5) is 5.13 Å². The summed E-state index contributed by atoms with van der Waals surface area (Å²) in [5.74, 6) is 0.181. The molecule has 1 aromatic carbocycles. The van der Waals surface area contributed by atoms with Crippen molar-refractivity contribution in [1.29, 1.82) is 0 Å². The van der Waals surface area contributed by atoms with Gasteiger partial charge in [0.15, 0.2) is 5.13 Å². The lowest BCUT2D eigenvalue weighted by molar-refractivity contribution is -0.113. The highest BCUT2D eigenvalue weighted by atomic mass is 35.5. The molecule has 24 heavy (non-hydrogen) atoms. The fraction of sp³-hybridized carbons (Fsp3) is 0.375. The smallest absolute Gasteiger partial charge is 0.236 e. The highest BCUT2D eigenvalue weighted by molar-refractivity contribution is 8.00. The number of hydrogen-bond acceptors (Lipinski definition) is 5. The zero-order valence-corrected chi connectivity index (χ0v) is 16.3. The summed E-state index contributed by atoms with van der Waals surface area (Å²) in [6.07, 6.45) is 0.947. The van der Waals surface area contributed by atoms with Gasteiger partial charge in [-0.3, -0.25) is 9.69 Å². The molecule has 128 valence electrons. The number of rotatable bonds is 5. The average Bonchev–Trinajstić information content (AvgIpc) is 2.96. The first-order valence-electron chi connectivity index (χ1n) is 7.63. The van der Waals surface area contributed by atoms with Crippen LogP contribution in [0.1, 0.15) is 17.5 Å². The molecule has 3 rings (SSSR count). The monoisotopic (exact) mass is 401 g/mol. The molecule has 1 N–H and O–H groups in total. The van der Waals surface area contributed by atoms with E-state index in [9.17, 15) is 4.79 Å². The zero-order valence-electron chi connectivity index (χ0n) is 13.1. The van der Waals surface area contributed by atoms with E-state index in [0.29, 0.717) is 15.2 Å². The maximum atomic E-state index is 12.2. The highest BCUT2D eigenvalue weighted by Crippen LogP contribution is 2.31. The van der Waals surface area contributed by atoms with Crippen molar-refractivity contribution < 1.29 is 4.79 Å². The third-order valence-electron chi connectivity index (χ3n) is 3.76. The Morgan fingerprint density at radius 3 is 3.08 bits per heavy atom. The molecule has 0 saturated heterocycles. The first-order valence-corrected chi connectivity index (χ1v) is 10.2. The first kappa shape index (κ1) is 18.0. The van der Waals surface area contributed by atoms with Crippen LogP contribution < -0.4 is 5.32 Å². The average molecular weight is 402 g/mol. The number of nitrogens with zero attached hydrogens (tertiary/aromatic N) is 2. The molecule has 0 aliphatic carbocycles. The normalized spacial score (nSPS) is 14.5. The van der Waals surface area contributed by atoms with Crippen molar-refractivity contribution in [2.75, 3.05) is 24.2 Å². The number of fused-ring (bicyclic) bond motifs is 1. The molecular weight excluding hydrogens is 385 g/mol. The lowest BCUT2D eigenvalue weighted by atomic mass is 10.2. The number of nitrogens with one attached hydrogen (secondary N) is 1. The van der Waals surface area contributed by atoms with Crippen molar-refractivity contribution in [2.45, 2.75) is 24.8 Å². The van der Waals surface area contributed by atoms with Crippen LogP contribution in [0.15, 0.2) is 23.1 Å². The van der Waals surface area contributed by atoms with Crippen LogP contribution in [0, 0.1) is 0 Å². The fourth-order valence-electron chi connectivity index (χ4n) is 2.46. The second kappa shape index (κ2) is 8.06. The van der Waals surface area contributed by atoms with E-state index in [-0.39, 0.29) is 11.7 Å². The zero-order chi connectivity index (χ0) is 17.1. The Hall–Kier alpha value is -0.790. The Labute approximate surface area is 159 Å². The lowest BCUT2D eigenvalue weighted by Crippen LogP contribution is -2.29. The Morgan fingerprint density at radius 1 is 1.46 bits per heavy atom. The van der Waals surface area contributed by atoms with E-state index in [2.05, 4.69) is 22.1 Å². The van der Waals surface area contributed by atoms with E-state index in [4.69, 9.17) is 23.2 Å². The SMILES string of the molecule is CCN1CCc2nc(NC(=O)CSc3cc(Cl)ccc3Cl)sc2C1. The second-order valence-corrected chi connectivity index (χ2v) is 8.36. The van der Waals surface area contributed by atoms with Crippen molar-refractivity contribution >= 4 is 57.3 Å². The summed E-state index contributed by atoms with van der Waals surface area (Å²) in [7, 11) is 0. The van der Waals surface area contributed by atoms with Crippen LogP contribution in [0.2, 0.25) is 10.0 Å². The molecule has 1 aliphatic heterocycles. The Bertz CT molecular complexity index is 751. The molecule has 4 nitrogen and oxygen atoms in total. The number of thiazole rings is 1. The van der Waals surface area contributed by atoms with Gasteiger partial charge >= 0.3 is 0 Å². The molecule has 2 heterocycles. The Kier molecular flexibility index (Phi) is 6.05. The number of benzene rings is 1. The van der Waals surface area contributed by atoms with E-state index < -0.39 is 0 Å². The number of likely N-dealkylation sites (N-methyl/N-ethyl adjacent to an activating group) is 1. The highest BCUT2D eigenvalue weighted by Gasteiger charge is 2.20. The number of carbonyl (C=O) groups excluding carboxylic acids is 1. The molecule has 0 saturated carbocycles. The minimum atomic E-state index is -0.0884. The van der Waals surface area contributed by atoms with Crippen LogP contribution in [0.3, 0.4) is 0 Å². The standard InChI is InChI=1S/C16H17Cl2N3OS2/c1-2-21-6-5-12-14(8-21)24-16(19-12)20-15(22)9-23-13-7-10(17)3-4-11(13)18/h3-4,7H,2,5-6,8-9H2,1H3,(H,19,20,22). The van der Waals surface area contributed by atoms with Gasteiger partial charge in [-0.1, -0.05) is 30.1 Å². The number of carbonyl (C=O) groups is 1. The fourth-order valence-corrected chi connectivity index (χ4v) is 4.82. The Morgan fingerprint density at radius 2 is 2.29 bits per heavy atom. The molecule has 0 spiro atoms. The van der Waals surface area contributed by atoms with Gasteiger partial charge in [-0.05, 0) is 24.7 Å². The molecule has 0 bridgehead atoms. The number of amides is 1. The largest absolute Gasteiger partial charge is 0.301 e. The minimum absolute atomic E-state index is 0.0884. The van der Waals surface area contributed by atoms with E-state index in [1.165, 1.54) is 16.6 Å². The number of thioether (sulfide) groups is 1. The maximum Gasteiger partial charge on any atom is 0.236 e. The van der Waals surface area contributed by atoms with Gasteiger partial charge in [0, 0.05) is 34.3 Å². The predicted molar refractivity (Wildman–Crippen MR) is 103 cm³/mol. The van der Waals surface area contributed by atoms with Gasteiger partial charge in [-0.25, -0.2) is 4.98 Å². The van der Waals surface area contributed by atoms with Crippen molar-refractivity contribution in [2.24, 2.45) is 0 Å². The van der Waals surface area contributed by atoms with Gasteiger partial charge in [0.25, 0.3) is 0 Å². The maximum absolute atomic E-state index is 12.2. The van der Waals surface area contributed by atoms with Crippen molar-refractivity contribution in [1.82, 2.24) is 9.88 Å². The summed E-state index contributed by atoms with van der Waals surface area (Å²) >= 11 is 15.0. The van der Waals surface area contributed by atoms with Gasteiger partial charge in [0.05, 0.1) is 16.5 Å². The molecule has 0 unspecified atom stereocenters. The van der Waals surface area contributed by atoms with E-state index in [0.717, 1.165) is 36.6 Å². The number of hydrogen-bond donors (Lipinski definition) is 1. The molecule has 1 amide bonds. The molecular formula is C16H17Cl2N3OS2. The number of aromatic nitrogens is 1. The van der Waals surface area contributed by atoms with E-state index in [1.54, 1.807) is 29.5 Å². The topological polar surface area (TPSA) is 45.2 Å². The molecule has 0 fully saturated rings. The predicted octanol–water partition coefficient (Wildman–Crippen LogP) is 4.56. The van der Waals surface area contributed by atoms with Crippen LogP contribution in [0.25, 0.3) is 0 Å². The quantitative estimate of drug-likeness (QED) is 0.745. The van der Waals surface area contributed by atoms with Crippen molar-refractivity contribution in [3.8, 4) is 0 Å². The first-order chi connectivity index (χ1) is 11.5. The van der Waals surface area contributed by atoms with Gasteiger partial charge in [0.1, 0.15) is 0 Å². The molecule has 1 aliphatic rings. The van der Waals surface area contributed by atoms with Gasteiger partial charge < -0.3 is 5.32 Å². The van der Waals surface area contributed by atoms with Crippen LogP contribution >= 0.6 is 46.3 Å². The summed E-state index contributed by atoms with van der Waals surface area (Å²) in [6, 6.07) is 5.23. The van der Waals surface area contributed by atoms with E-state index in [1.807, 2.05) is 0 Å². The number of anilines is 1. The van der Waals surface area contributed by atoms with Gasteiger partial charge in [0.2, 0.25) is 5.91 Å². The molecule has 8 heteroatoms. The lowest BCUT2D eigenvalue weighted by Gasteiger charge is -2.23. The van der Waals surface area contributed by atoms with E-state index >= 15 is 0 Å². The second-order valence-electron chi connectivity index (χ2n) is 5.42. The van der Waals surface area contributed by atoms with Crippen molar-refractivity contribution in [3.63, 3.8) is 0 Å². The van der Waals surface area contributed by atoms with Crippen molar-refractivity contribution in [3.05, 3.63) is 38.8 Å². The van der Waals surface area contributed by atoms with Crippen LogP contribution in [-0.4, -0.2) is 34.6 Å². The molecule has 2 aromatic rings. The summed E-state index contributed by atoms with van der Waals surface area (Å²) in [6.45, 7) is 5.15. The third-order valence-corrected chi connectivity index (χ3v) is 6.49. The summed E-state index contributed by atoms with van der Waals surface area (Å²) in [5.41, 5.74) is 1.12. The van der Waals surface area contributed by atoms with Gasteiger partial charge in [-0.15, -0.1) is 23.1 Å². The molecule has 0 radical (unpaired) electrons. The third kappa shape index (κ3) is 4.43. The molecule has 1 aromatic heterocycles. The van der Waals surface area contributed by atoms with Crippen LogP contribution in [0.5, 0.6) is 0 Å². The minimum Gasteiger partial charge on any atom is -0.301 e. The Balaban J connectivity index is 1.58. The summed E-state index contributed by atoms with van der Waals surface area (Å²) in [5, 5.41) is 4.78. The van der Waals surface area contributed by atoms with Crippen LogP contribution in [-0.2, 0) is 17.8 Å². The molecule has 0 atom stereocenters. The van der Waals surface area contributed by atoms with Gasteiger partial charge in [-0.2, -0.15) is 0 Å². The summed E-state index contributed by atoms with van der Waals surface area (Å²) in [4.78, 5) is 21.1. The number of halogens is 2. The summed E-state index contributed by atoms with van der Waals surface area (Å²) < 4.78 is 0.